The minimum absolute atomic E-state index is 0.00390. The molecule has 2 rings (SSSR count). The molecular weight excluding hydrogens is 351 g/mol. The molecule has 0 saturated carbocycles. The standard InChI is InChI=1S/C13H13BrClFN2S/c1-6(12-7(2)19-8(3)18-12)17-13-10(14)4-9(16)5-11(13)15/h4-6,17H,1-3H3. The van der Waals surface area contributed by atoms with E-state index in [0.29, 0.717) is 15.2 Å². The lowest BCUT2D eigenvalue weighted by atomic mass is 10.2. The molecule has 6 heteroatoms. The third kappa shape index (κ3) is 3.27. The highest BCUT2D eigenvalue weighted by molar-refractivity contribution is 9.10. The van der Waals surface area contributed by atoms with Crippen LogP contribution in [0, 0.1) is 19.7 Å². The number of benzene rings is 1. The van der Waals surface area contributed by atoms with Crippen molar-refractivity contribution in [1.82, 2.24) is 4.98 Å². The highest BCUT2D eigenvalue weighted by atomic mass is 79.9. The smallest absolute Gasteiger partial charge is 0.125 e. The average molecular weight is 364 g/mol. The minimum atomic E-state index is -0.365. The van der Waals surface area contributed by atoms with Gasteiger partial charge >= 0.3 is 0 Å². The molecule has 1 unspecified atom stereocenters. The van der Waals surface area contributed by atoms with Gasteiger partial charge < -0.3 is 5.32 Å². The maximum atomic E-state index is 13.2. The van der Waals surface area contributed by atoms with Gasteiger partial charge in [0.25, 0.3) is 0 Å². The second-order valence-electron chi connectivity index (χ2n) is 4.28. The Kier molecular flexibility index (Phi) is 4.48. The summed E-state index contributed by atoms with van der Waals surface area (Å²) in [5.74, 6) is -0.365. The third-order valence-corrected chi connectivity index (χ3v) is 4.54. The number of halogens is 3. The van der Waals surface area contributed by atoms with Crippen LogP contribution in [-0.2, 0) is 0 Å². The molecule has 0 radical (unpaired) electrons. The van der Waals surface area contributed by atoms with Crippen molar-refractivity contribution < 1.29 is 4.39 Å². The van der Waals surface area contributed by atoms with Crippen molar-refractivity contribution >= 4 is 44.6 Å². The van der Waals surface area contributed by atoms with Gasteiger partial charge in [-0.1, -0.05) is 11.6 Å². The van der Waals surface area contributed by atoms with Crippen LogP contribution in [0.25, 0.3) is 0 Å². The summed E-state index contributed by atoms with van der Waals surface area (Å²) < 4.78 is 13.8. The molecule has 19 heavy (non-hydrogen) atoms. The molecule has 0 bridgehead atoms. The van der Waals surface area contributed by atoms with Crippen LogP contribution in [0.1, 0.15) is 28.5 Å². The number of hydrogen-bond acceptors (Lipinski definition) is 3. The van der Waals surface area contributed by atoms with Gasteiger partial charge in [-0.15, -0.1) is 11.3 Å². The summed E-state index contributed by atoms with van der Waals surface area (Å²) in [4.78, 5) is 5.68. The highest BCUT2D eigenvalue weighted by Gasteiger charge is 2.16. The van der Waals surface area contributed by atoms with Crippen LogP contribution in [-0.4, -0.2) is 4.98 Å². The lowest BCUT2D eigenvalue weighted by molar-refractivity contribution is 0.627. The van der Waals surface area contributed by atoms with Crippen molar-refractivity contribution in [2.75, 3.05) is 5.32 Å². The SMILES string of the molecule is Cc1nc(C(C)Nc2c(Cl)cc(F)cc2Br)c(C)s1. The van der Waals surface area contributed by atoms with Crippen LogP contribution in [0.2, 0.25) is 5.02 Å². The fraction of sp³-hybridized carbons (Fsp3) is 0.308. The maximum absolute atomic E-state index is 13.2. The van der Waals surface area contributed by atoms with E-state index in [-0.39, 0.29) is 11.9 Å². The Balaban J connectivity index is 2.29. The van der Waals surface area contributed by atoms with Gasteiger partial charge in [0, 0.05) is 9.35 Å². The average Bonchev–Trinajstić information content (AvgIpc) is 2.62. The zero-order chi connectivity index (χ0) is 14.2. The molecule has 1 N–H and O–H groups in total. The molecular formula is C13H13BrClFN2S. The Hall–Kier alpha value is -0.650. The number of anilines is 1. The number of nitrogens with one attached hydrogen (secondary N) is 1. The Morgan fingerprint density at radius 2 is 2.11 bits per heavy atom. The molecule has 2 aromatic rings. The van der Waals surface area contributed by atoms with Crippen LogP contribution in [0.5, 0.6) is 0 Å². The second-order valence-corrected chi connectivity index (χ2v) is 6.95. The number of rotatable bonds is 3. The monoisotopic (exact) mass is 362 g/mol. The maximum Gasteiger partial charge on any atom is 0.125 e. The predicted octanol–water partition coefficient (Wildman–Crippen LogP) is 5.49. The van der Waals surface area contributed by atoms with Gasteiger partial charge in [-0.05, 0) is 48.8 Å². The van der Waals surface area contributed by atoms with E-state index in [4.69, 9.17) is 11.6 Å². The van der Waals surface area contributed by atoms with Gasteiger partial charge in [0.2, 0.25) is 0 Å². The van der Waals surface area contributed by atoms with Crippen LogP contribution in [0.15, 0.2) is 16.6 Å². The van der Waals surface area contributed by atoms with Gasteiger partial charge in [-0.25, -0.2) is 9.37 Å². The van der Waals surface area contributed by atoms with E-state index in [1.165, 1.54) is 17.0 Å². The summed E-state index contributed by atoms with van der Waals surface area (Å²) in [5.41, 5.74) is 1.68. The van der Waals surface area contributed by atoms with Gasteiger partial charge in [-0.3, -0.25) is 0 Å². The largest absolute Gasteiger partial charge is 0.375 e. The number of hydrogen-bond donors (Lipinski definition) is 1. The lowest BCUT2D eigenvalue weighted by Gasteiger charge is -2.17. The van der Waals surface area contributed by atoms with E-state index in [9.17, 15) is 4.39 Å². The highest BCUT2D eigenvalue weighted by Crippen LogP contribution is 2.35. The minimum Gasteiger partial charge on any atom is -0.375 e. The first-order chi connectivity index (χ1) is 8.88. The summed E-state index contributed by atoms with van der Waals surface area (Å²) in [5, 5.41) is 4.66. The summed E-state index contributed by atoms with van der Waals surface area (Å²) in [6.45, 7) is 6.03. The fourth-order valence-electron chi connectivity index (χ4n) is 1.91. The molecule has 0 fully saturated rings. The zero-order valence-electron chi connectivity index (χ0n) is 10.7. The first-order valence-electron chi connectivity index (χ1n) is 5.73. The fourth-order valence-corrected chi connectivity index (χ4v) is 3.75. The number of thiazole rings is 1. The van der Waals surface area contributed by atoms with E-state index < -0.39 is 0 Å². The van der Waals surface area contributed by atoms with Crippen molar-refractivity contribution in [3.63, 3.8) is 0 Å². The molecule has 0 spiro atoms. The van der Waals surface area contributed by atoms with Crippen molar-refractivity contribution in [3.8, 4) is 0 Å². The zero-order valence-corrected chi connectivity index (χ0v) is 13.9. The molecule has 0 aliphatic rings. The summed E-state index contributed by atoms with van der Waals surface area (Å²) in [6, 6.07) is 2.69. The molecule has 0 saturated heterocycles. The van der Waals surface area contributed by atoms with Gasteiger partial charge in [-0.2, -0.15) is 0 Å². The van der Waals surface area contributed by atoms with Crippen LogP contribution < -0.4 is 5.32 Å². The van der Waals surface area contributed by atoms with E-state index in [1.807, 2.05) is 20.8 Å². The normalized spacial score (nSPS) is 12.5. The Labute approximate surface area is 129 Å². The molecule has 1 heterocycles. The summed E-state index contributed by atoms with van der Waals surface area (Å²) >= 11 is 11.0. The number of nitrogens with zero attached hydrogens (tertiary/aromatic N) is 1. The number of aryl methyl sites for hydroxylation is 2. The number of aromatic nitrogens is 1. The van der Waals surface area contributed by atoms with E-state index in [0.717, 1.165) is 10.7 Å². The Morgan fingerprint density at radius 3 is 2.63 bits per heavy atom. The van der Waals surface area contributed by atoms with Gasteiger partial charge in [0.1, 0.15) is 5.82 Å². The van der Waals surface area contributed by atoms with Crippen LogP contribution in [0.4, 0.5) is 10.1 Å². The van der Waals surface area contributed by atoms with E-state index in [1.54, 1.807) is 11.3 Å². The van der Waals surface area contributed by atoms with Crippen molar-refractivity contribution in [3.05, 3.63) is 43.0 Å². The first-order valence-corrected chi connectivity index (χ1v) is 7.72. The summed E-state index contributed by atoms with van der Waals surface area (Å²) in [7, 11) is 0. The van der Waals surface area contributed by atoms with E-state index in [2.05, 4.69) is 26.2 Å². The van der Waals surface area contributed by atoms with Crippen molar-refractivity contribution in [2.24, 2.45) is 0 Å². The topological polar surface area (TPSA) is 24.9 Å². The Bertz CT molecular complexity index is 592. The first kappa shape index (κ1) is 14.8. The van der Waals surface area contributed by atoms with Crippen LogP contribution in [0.3, 0.4) is 0 Å². The van der Waals surface area contributed by atoms with Crippen molar-refractivity contribution in [2.45, 2.75) is 26.8 Å². The molecule has 0 aliphatic carbocycles. The Morgan fingerprint density at radius 1 is 1.42 bits per heavy atom. The molecule has 0 aliphatic heterocycles. The van der Waals surface area contributed by atoms with Gasteiger partial charge in [0.05, 0.1) is 27.5 Å². The summed E-state index contributed by atoms with van der Waals surface area (Å²) in [6.07, 6.45) is 0. The van der Waals surface area contributed by atoms with E-state index >= 15 is 0 Å². The van der Waals surface area contributed by atoms with Gasteiger partial charge in [0.15, 0.2) is 0 Å². The lowest BCUT2D eigenvalue weighted by Crippen LogP contribution is -2.09. The van der Waals surface area contributed by atoms with Crippen LogP contribution >= 0.6 is 38.9 Å². The molecule has 1 aromatic heterocycles. The van der Waals surface area contributed by atoms with Crippen molar-refractivity contribution in [1.29, 1.82) is 0 Å². The molecule has 1 atom stereocenters. The molecule has 102 valence electrons. The quantitative estimate of drug-likeness (QED) is 0.780. The molecule has 2 nitrogen and oxygen atoms in total. The molecule has 0 amide bonds. The molecule has 1 aromatic carbocycles. The predicted molar refractivity (Wildman–Crippen MR) is 82.7 cm³/mol. The third-order valence-electron chi connectivity index (χ3n) is 2.72. The second kappa shape index (κ2) is 5.77.